The Morgan fingerprint density at radius 1 is 1.29 bits per heavy atom. The Bertz CT molecular complexity index is 438. The summed E-state index contributed by atoms with van der Waals surface area (Å²) in [6, 6.07) is -1.21. The minimum Gasteiger partial charge on any atom is -0.480 e. The average Bonchev–Trinajstić information content (AvgIpc) is 2.93. The standard InChI is InChI=1S/C14H23N3O4/c1-8(2)16-11(18)6-15-14(21)17-7-9-4-3-5-10(9)12(17)13(19)20/h8-10,12H,3-7H2,1-2H3,(H,15,21)(H,16,18)(H,19,20). The zero-order chi connectivity index (χ0) is 15.6. The number of likely N-dealkylation sites (tertiary alicyclic amines) is 1. The predicted molar refractivity (Wildman–Crippen MR) is 75.6 cm³/mol. The number of carboxylic acids is 1. The number of carbonyl (C=O) groups is 3. The van der Waals surface area contributed by atoms with Gasteiger partial charge >= 0.3 is 12.0 Å². The number of rotatable bonds is 4. The van der Waals surface area contributed by atoms with Crippen LogP contribution in [-0.2, 0) is 9.59 Å². The molecule has 0 aromatic heterocycles. The van der Waals surface area contributed by atoms with E-state index in [0.29, 0.717) is 6.54 Å². The zero-order valence-electron chi connectivity index (χ0n) is 12.5. The van der Waals surface area contributed by atoms with Gasteiger partial charge in [-0.1, -0.05) is 6.42 Å². The van der Waals surface area contributed by atoms with Crippen LogP contribution in [0, 0.1) is 11.8 Å². The first-order chi connectivity index (χ1) is 9.90. The molecule has 0 radical (unpaired) electrons. The van der Waals surface area contributed by atoms with Crippen molar-refractivity contribution >= 4 is 17.9 Å². The van der Waals surface area contributed by atoms with Crippen molar-refractivity contribution in [2.75, 3.05) is 13.1 Å². The summed E-state index contributed by atoms with van der Waals surface area (Å²) in [6.07, 6.45) is 2.87. The summed E-state index contributed by atoms with van der Waals surface area (Å²) in [7, 11) is 0. The second-order valence-corrected chi connectivity index (χ2v) is 6.17. The number of aliphatic carboxylic acids is 1. The molecule has 1 saturated heterocycles. The third kappa shape index (κ3) is 3.46. The lowest BCUT2D eigenvalue weighted by Crippen LogP contribution is -2.50. The van der Waals surface area contributed by atoms with E-state index in [2.05, 4.69) is 10.6 Å². The van der Waals surface area contributed by atoms with Crippen LogP contribution >= 0.6 is 0 Å². The molecule has 0 spiro atoms. The van der Waals surface area contributed by atoms with Crippen LogP contribution < -0.4 is 10.6 Å². The fraction of sp³-hybridized carbons (Fsp3) is 0.786. The van der Waals surface area contributed by atoms with Crippen LogP contribution in [0.5, 0.6) is 0 Å². The summed E-state index contributed by atoms with van der Waals surface area (Å²) < 4.78 is 0. The molecule has 3 N–H and O–H groups in total. The number of carboxylic acid groups (broad SMARTS) is 1. The van der Waals surface area contributed by atoms with E-state index in [4.69, 9.17) is 0 Å². The first-order valence-electron chi connectivity index (χ1n) is 7.46. The van der Waals surface area contributed by atoms with Crippen LogP contribution in [0.4, 0.5) is 4.79 Å². The molecule has 2 fully saturated rings. The number of fused-ring (bicyclic) bond motifs is 1. The molecule has 21 heavy (non-hydrogen) atoms. The molecule has 7 heteroatoms. The second kappa shape index (κ2) is 6.32. The topological polar surface area (TPSA) is 98.7 Å². The van der Waals surface area contributed by atoms with Gasteiger partial charge < -0.3 is 20.6 Å². The molecule has 3 atom stereocenters. The van der Waals surface area contributed by atoms with Crippen molar-refractivity contribution in [1.29, 1.82) is 0 Å². The van der Waals surface area contributed by atoms with Crippen molar-refractivity contribution in [3.63, 3.8) is 0 Å². The Labute approximate surface area is 124 Å². The Morgan fingerprint density at radius 3 is 2.62 bits per heavy atom. The Balaban J connectivity index is 1.92. The highest BCUT2D eigenvalue weighted by atomic mass is 16.4. The van der Waals surface area contributed by atoms with Crippen LogP contribution in [-0.4, -0.2) is 53.1 Å². The van der Waals surface area contributed by atoms with Crippen LogP contribution in [0.1, 0.15) is 33.1 Å². The Hall–Kier alpha value is -1.79. The van der Waals surface area contributed by atoms with E-state index in [9.17, 15) is 19.5 Å². The summed E-state index contributed by atoms with van der Waals surface area (Å²) in [5.74, 6) is -0.894. The van der Waals surface area contributed by atoms with Crippen molar-refractivity contribution in [3.05, 3.63) is 0 Å². The number of nitrogens with one attached hydrogen (secondary N) is 2. The van der Waals surface area contributed by atoms with Crippen molar-refractivity contribution in [3.8, 4) is 0 Å². The summed E-state index contributed by atoms with van der Waals surface area (Å²) in [6.45, 7) is 4.01. The van der Waals surface area contributed by atoms with Gasteiger partial charge in [-0.25, -0.2) is 9.59 Å². The molecule has 0 aromatic rings. The Morgan fingerprint density at radius 2 is 2.00 bits per heavy atom. The highest BCUT2D eigenvalue weighted by Crippen LogP contribution is 2.42. The maximum absolute atomic E-state index is 12.2. The number of amides is 3. The van der Waals surface area contributed by atoms with E-state index in [1.807, 2.05) is 13.8 Å². The Kier molecular flexibility index (Phi) is 4.69. The van der Waals surface area contributed by atoms with E-state index in [0.717, 1.165) is 19.3 Å². The van der Waals surface area contributed by atoms with Gasteiger partial charge in [-0.15, -0.1) is 0 Å². The summed E-state index contributed by atoms with van der Waals surface area (Å²) in [5.41, 5.74) is 0. The van der Waals surface area contributed by atoms with E-state index >= 15 is 0 Å². The SMILES string of the molecule is CC(C)NC(=O)CNC(=O)N1CC2CCCC2C1C(=O)O. The molecule has 1 aliphatic heterocycles. The molecule has 3 amide bonds. The third-order valence-corrected chi connectivity index (χ3v) is 4.25. The lowest BCUT2D eigenvalue weighted by molar-refractivity contribution is -0.142. The predicted octanol–water partition coefficient (Wildman–Crippen LogP) is 0.406. The van der Waals surface area contributed by atoms with E-state index < -0.39 is 18.0 Å². The fourth-order valence-corrected chi connectivity index (χ4v) is 3.46. The molecule has 1 heterocycles. The van der Waals surface area contributed by atoms with Gasteiger partial charge in [0.15, 0.2) is 0 Å². The third-order valence-electron chi connectivity index (χ3n) is 4.25. The van der Waals surface area contributed by atoms with E-state index in [1.165, 1.54) is 4.90 Å². The average molecular weight is 297 g/mol. The van der Waals surface area contributed by atoms with Gasteiger partial charge in [0.25, 0.3) is 0 Å². The molecule has 2 aliphatic rings. The van der Waals surface area contributed by atoms with Crippen molar-refractivity contribution in [1.82, 2.24) is 15.5 Å². The van der Waals surface area contributed by atoms with E-state index in [1.54, 1.807) is 0 Å². The van der Waals surface area contributed by atoms with Crippen LogP contribution in [0.3, 0.4) is 0 Å². The van der Waals surface area contributed by atoms with Crippen molar-refractivity contribution < 1.29 is 19.5 Å². The normalized spacial score (nSPS) is 27.6. The van der Waals surface area contributed by atoms with Crippen LogP contribution in [0.25, 0.3) is 0 Å². The summed E-state index contributed by atoms with van der Waals surface area (Å²) in [4.78, 5) is 36.5. The van der Waals surface area contributed by atoms with Gasteiger partial charge in [0.2, 0.25) is 5.91 Å². The minimum absolute atomic E-state index is 0.00677. The number of urea groups is 1. The molecule has 2 rings (SSSR count). The monoisotopic (exact) mass is 297 g/mol. The maximum atomic E-state index is 12.2. The molecular formula is C14H23N3O4. The van der Waals surface area contributed by atoms with E-state index in [-0.39, 0.29) is 30.3 Å². The van der Waals surface area contributed by atoms with Gasteiger partial charge in [0.1, 0.15) is 6.04 Å². The van der Waals surface area contributed by atoms with Gasteiger partial charge in [-0.3, -0.25) is 4.79 Å². The fourth-order valence-electron chi connectivity index (χ4n) is 3.46. The van der Waals surface area contributed by atoms with Gasteiger partial charge in [0, 0.05) is 12.6 Å². The molecular weight excluding hydrogens is 274 g/mol. The molecule has 1 aliphatic carbocycles. The van der Waals surface area contributed by atoms with Crippen molar-refractivity contribution in [2.45, 2.75) is 45.2 Å². The van der Waals surface area contributed by atoms with Gasteiger partial charge in [-0.05, 0) is 38.5 Å². The lowest BCUT2D eigenvalue weighted by atomic mass is 9.94. The van der Waals surface area contributed by atoms with Crippen LogP contribution in [0.15, 0.2) is 0 Å². The number of nitrogens with zero attached hydrogens (tertiary/aromatic N) is 1. The molecule has 0 aromatic carbocycles. The van der Waals surface area contributed by atoms with Crippen molar-refractivity contribution in [2.24, 2.45) is 11.8 Å². The molecule has 1 saturated carbocycles. The zero-order valence-corrected chi connectivity index (χ0v) is 12.5. The number of carbonyl (C=O) groups excluding carboxylic acids is 2. The highest BCUT2D eigenvalue weighted by molar-refractivity contribution is 5.87. The maximum Gasteiger partial charge on any atom is 0.326 e. The number of hydrogen-bond acceptors (Lipinski definition) is 3. The molecule has 7 nitrogen and oxygen atoms in total. The smallest absolute Gasteiger partial charge is 0.326 e. The largest absolute Gasteiger partial charge is 0.480 e. The van der Waals surface area contributed by atoms with Gasteiger partial charge in [0.05, 0.1) is 6.54 Å². The second-order valence-electron chi connectivity index (χ2n) is 6.17. The molecule has 0 bridgehead atoms. The quantitative estimate of drug-likeness (QED) is 0.699. The minimum atomic E-state index is -0.953. The number of hydrogen-bond donors (Lipinski definition) is 3. The van der Waals surface area contributed by atoms with Crippen LogP contribution in [0.2, 0.25) is 0 Å². The lowest BCUT2D eigenvalue weighted by Gasteiger charge is -2.24. The molecule has 118 valence electrons. The first kappa shape index (κ1) is 15.6. The molecule has 3 unspecified atom stereocenters. The summed E-state index contributed by atoms with van der Waals surface area (Å²) >= 11 is 0. The summed E-state index contributed by atoms with van der Waals surface area (Å²) in [5, 5.41) is 14.6. The van der Waals surface area contributed by atoms with Gasteiger partial charge in [-0.2, -0.15) is 0 Å². The highest BCUT2D eigenvalue weighted by Gasteiger charge is 2.49. The first-order valence-corrected chi connectivity index (χ1v) is 7.46.